The lowest BCUT2D eigenvalue weighted by molar-refractivity contribution is 0.268. The van der Waals surface area contributed by atoms with Gasteiger partial charge in [-0.15, -0.1) is 5.10 Å². The lowest BCUT2D eigenvalue weighted by Gasteiger charge is -2.04. The Bertz CT molecular complexity index is 530. The molecule has 96 valence electrons. The van der Waals surface area contributed by atoms with E-state index in [1.807, 2.05) is 0 Å². The van der Waals surface area contributed by atoms with Crippen LogP contribution in [0.5, 0.6) is 5.75 Å². The van der Waals surface area contributed by atoms with Crippen LogP contribution >= 0.6 is 0 Å². The molecule has 6 nitrogen and oxygen atoms in total. The molecular formula is C11H13FN4O2. The zero-order valence-electron chi connectivity index (χ0n) is 9.54. The van der Waals surface area contributed by atoms with Crippen molar-refractivity contribution in [1.29, 1.82) is 0 Å². The summed E-state index contributed by atoms with van der Waals surface area (Å²) in [7, 11) is 0. The first-order valence-corrected chi connectivity index (χ1v) is 5.41. The van der Waals surface area contributed by atoms with Crippen LogP contribution in [0, 0.1) is 5.82 Å². The molecule has 3 N–H and O–H groups in total. The SMILES string of the molecule is OCCn1cc(CNc2ccc(O)c(F)c2)nn1. The van der Waals surface area contributed by atoms with Crippen molar-refractivity contribution < 1.29 is 14.6 Å². The highest BCUT2D eigenvalue weighted by atomic mass is 19.1. The van der Waals surface area contributed by atoms with Crippen molar-refractivity contribution in [3.8, 4) is 5.75 Å². The number of aromatic nitrogens is 3. The van der Waals surface area contributed by atoms with E-state index in [1.54, 1.807) is 12.3 Å². The molecule has 0 amide bonds. The standard InChI is InChI=1S/C11H13FN4O2/c12-10-5-8(1-2-11(10)18)13-6-9-7-16(3-4-17)15-14-9/h1-2,5,7,13,17-18H,3-4,6H2. The van der Waals surface area contributed by atoms with Crippen molar-refractivity contribution in [1.82, 2.24) is 15.0 Å². The molecular weight excluding hydrogens is 239 g/mol. The van der Waals surface area contributed by atoms with E-state index in [9.17, 15) is 4.39 Å². The average molecular weight is 252 g/mol. The van der Waals surface area contributed by atoms with Gasteiger partial charge in [-0.25, -0.2) is 9.07 Å². The molecule has 1 aromatic carbocycles. The molecule has 18 heavy (non-hydrogen) atoms. The van der Waals surface area contributed by atoms with E-state index in [0.717, 1.165) is 0 Å². The molecule has 2 aromatic rings. The molecule has 0 bridgehead atoms. The quantitative estimate of drug-likeness (QED) is 0.683. The maximum Gasteiger partial charge on any atom is 0.166 e. The third kappa shape index (κ3) is 2.95. The number of aliphatic hydroxyl groups is 1. The molecule has 2 rings (SSSR count). The number of hydrogen-bond acceptors (Lipinski definition) is 5. The first-order valence-electron chi connectivity index (χ1n) is 5.41. The maximum absolute atomic E-state index is 13.1. The molecule has 0 radical (unpaired) electrons. The third-order valence-electron chi connectivity index (χ3n) is 2.34. The smallest absolute Gasteiger partial charge is 0.166 e. The number of nitrogens with zero attached hydrogens (tertiary/aromatic N) is 3. The number of benzene rings is 1. The van der Waals surface area contributed by atoms with Gasteiger partial charge in [-0.2, -0.15) is 0 Å². The highest BCUT2D eigenvalue weighted by Gasteiger charge is 2.03. The van der Waals surface area contributed by atoms with E-state index in [-0.39, 0.29) is 12.4 Å². The summed E-state index contributed by atoms with van der Waals surface area (Å²) in [6.45, 7) is 0.774. The van der Waals surface area contributed by atoms with Crippen LogP contribution < -0.4 is 5.32 Å². The lowest BCUT2D eigenvalue weighted by Crippen LogP contribution is -2.02. The Morgan fingerprint density at radius 3 is 2.94 bits per heavy atom. The van der Waals surface area contributed by atoms with E-state index in [2.05, 4.69) is 15.6 Å². The summed E-state index contributed by atoms with van der Waals surface area (Å²) in [4.78, 5) is 0. The van der Waals surface area contributed by atoms with Crippen LogP contribution in [0.1, 0.15) is 5.69 Å². The monoisotopic (exact) mass is 252 g/mol. The van der Waals surface area contributed by atoms with Crippen LogP contribution in [-0.2, 0) is 13.1 Å². The summed E-state index contributed by atoms with van der Waals surface area (Å²) in [5.41, 5.74) is 1.22. The number of phenols is 1. The van der Waals surface area contributed by atoms with Gasteiger partial charge in [-0.3, -0.25) is 0 Å². The minimum absolute atomic E-state index is 0.000593. The lowest BCUT2D eigenvalue weighted by atomic mass is 10.3. The van der Waals surface area contributed by atoms with Crippen molar-refractivity contribution in [2.24, 2.45) is 0 Å². The molecule has 0 unspecified atom stereocenters. The largest absolute Gasteiger partial charge is 0.505 e. The van der Waals surface area contributed by atoms with E-state index >= 15 is 0 Å². The maximum atomic E-state index is 13.1. The summed E-state index contributed by atoms with van der Waals surface area (Å²) >= 11 is 0. The second kappa shape index (κ2) is 5.46. The number of halogens is 1. The molecule has 1 heterocycles. The zero-order chi connectivity index (χ0) is 13.0. The van der Waals surface area contributed by atoms with E-state index in [0.29, 0.717) is 24.5 Å². The van der Waals surface area contributed by atoms with Crippen LogP contribution in [0.15, 0.2) is 24.4 Å². The van der Waals surface area contributed by atoms with Crippen LogP contribution in [0.4, 0.5) is 10.1 Å². The van der Waals surface area contributed by atoms with Gasteiger partial charge in [0.2, 0.25) is 0 Å². The fraction of sp³-hybridized carbons (Fsp3) is 0.273. The Kier molecular flexibility index (Phi) is 3.73. The summed E-state index contributed by atoms with van der Waals surface area (Å²) in [5, 5.41) is 28.4. The molecule has 0 atom stereocenters. The normalized spacial score (nSPS) is 10.6. The molecule has 0 fully saturated rings. The minimum atomic E-state index is -0.677. The number of aliphatic hydroxyl groups excluding tert-OH is 1. The number of nitrogens with one attached hydrogen (secondary N) is 1. The Morgan fingerprint density at radius 2 is 2.22 bits per heavy atom. The van der Waals surface area contributed by atoms with Gasteiger partial charge >= 0.3 is 0 Å². The van der Waals surface area contributed by atoms with Gasteiger partial charge in [-0.1, -0.05) is 5.21 Å². The van der Waals surface area contributed by atoms with Crippen LogP contribution in [0.3, 0.4) is 0 Å². The Labute approximate surface area is 103 Å². The Balaban J connectivity index is 1.95. The van der Waals surface area contributed by atoms with Crippen LogP contribution in [0.25, 0.3) is 0 Å². The first-order chi connectivity index (χ1) is 8.69. The predicted octanol–water partition coefficient (Wildman–Crippen LogP) is 0.727. The predicted molar refractivity (Wildman–Crippen MR) is 62.5 cm³/mol. The molecule has 1 aromatic heterocycles. The minimum Gasteiger partial charge on any atom is -0.505 e. The van der Waals surface area contributed by atoms with Crippen molar-refractivity contribution in [2.45, 2.75) is 13.1 Å². The number of anilines is 1. The van der Waals surface area contributed by atoms with Gasteiger partial charge in [0.25, 0.3) is 0 Å². The number of hydrogen-bond donors (Lipinski definition) is 3. The second-order valence-electron chi connectivity index (χ2n) is 3.72. The topological polar surface area (TPSA) is 83.2 Å². The van der Waals surface area contributed by atoms with Crippen molar-refractivity contribution in [3.05, 3.63) is 35.9 Å². The van der Waals surface area contributed by atoms with Gasteiger partial charge < -0.3 is 15.5 Å². The van der Waals surface area contributed by atoms with Gasteiger partial charge in [0, 0.05) is 11.8 Å². The molecule has 0 spiro atoms. The van der Waals surface area contributed by atoms with Crippen molar-refractivity contribution in [3.63, 3.8) is 0 Å². The molecule has 7 heteroatoms. The van der Waals surface area contributed by atoms with E-state index in [1.165, 1.54) is 16.8 Å². The molecule has 0 aliphatic rings. The summed E-state index contributed by atoms with van der Waals surface area (Å²) in [5.74, 6) is -1.06. The fourth-order valence-corrected chi connectivity index (χ4v) is 1.44. The molecule has 0 saturated carbocycles. The van der Waals surface area contributed by atoms with Crippen molar-refractivity contribution >= 4 is 5.69 Å². The van der Waals surface area contributed by atoms with Crippen molar-refractivity contribution in [2.75, 3.05) is 11.9 Å². The number of phenolic OH excluding ortho intramolecular Hbond substituents is 1. The highest BCUT2D eigenvalue weighted by molar-refractivity contribution is 5.46. The zero-order valence-corrected chi connectivity index (χ0v) is 9.54. The third-order valence-corrected chi connectivity index (χ3v) is 2.34. The number of aromatic hydroxyl groups is 1. The van der Waals surface area contributed by atoms with E-state index in [4.69, 9.17) is 10.2 Å². The highest BCUT2D eigenvalue weighted by Crippen LogP contribution is 2.19. The van der Waals surface area contributed by atoms with E-state index < -0.39 is 5.82 Å². The number of rotatable bonds is 5. The van der Waals surface area contributed by atoms with Crippen LogP contribution in [-0.4, -0.2) is 31.8 Å². The summed E-state index contributed by atoms with van der Waals surface area (Å²) in [6, 6.07) is 4.05. The first kappa shape index (κ1) is 12.3. The van der Waals surface area contributed by atoms with Gasteiger partial charge in [-0.05, 0) is 12.1 Å². The van der Waals surface area contributed by atoms with Gasteiger partial charge in [0.05, 0.1) is 25.9 Å². The second-order valence-corrected chi connectivity index (χ2v) is 3.72. The molecule has 0 aliphatic heterocycles. The molecule has 0 aliphatic carbocycles. The van der Waals surface area contributed by atoms with Crippen LogP contribution in [0.2, 0.25) is 0 Å². The Hall–Kier alpha value is -2.15. The molecule has 0 saturated heterocycles. The van der Waals surface area contributed by atoms with Gasteiger partial charge in [0.1, 0.15) is 5.69 Å². The Morgan fingerprint density at radius 1 is 1.39 bits per heavy atom. The summed E-state index contributed by atoms with van der Waals surface area (Å²) in [6.07, 6.45) is 1.69. The average Bonchev–Trinajstić information content (AvgIpc) is 2.79. The van der Waals surface area contributed by atoms with Gasteiger partial charge in [0.15, 0.2) is 11.6 Å². The fourth-order valence-electron chi connectivity index (χ4n) is 1.44. The summed E-state index contributed by atoms with van der Waals surface area (Å²) < 4.78 is 14.6.